The van der Waals surface area contributed by atoms with Gasteiger partial charge in [0.25, 0.3) is 5.92 Å². The van der Waals surface area contributed by atoms with E-state index in [9.17, 15) is 13.6 Å². The number of rotatable bonds is 2. The van der Waals surface area contributed by atoms with Gasteiger partial charge in [-0.1, -0.05) is 0 Å². The largest absolute Gasteiger partial charge is 0.331 e. The molecule has 2 unspecified atom stereocenters. The number of alkyl halides is 2. The van der Waals surface area contributed by atoms with E-state index >= 15 is 0 Å². The summed E-state index contributed by atoms with van der Waals surface area (Å²) in [5.74, 6) is -1.97. The van der Waals surface area contributed by atoms with Gasteiger partial charge in [-0.2, -0.15) is 0 Å². The first-order chi connectivity index (χ1) is 10.5. The Balaban J connectivity index is 1.41. The molecule has 2 saturated heterocycles. The summed E-state index contributed by atoms with van der Waals surface area (Å²) in [4.78, 5) is 22.3. The zero-order valence-corrected chi connectivity index (χ0v) is 12.1. The fraction of sp³-hybridized carbons (Fsp3) is 0.667. The Morgan fingerprint density at radius 1 is 1.27 bits per heavy atom. The van der Waals surface area contributed by atoms with E-state index in [1.807, 2.05) is 0 Å². The van der Waals surface area contributed by atoms with Crippen LogP contribution in [-0.4, -0.2) is 38.9 Å². The van der Waals surface area contributed by atoms with E-state index in [1.165, 1.54) is 0 Å². The molecule has 2 amide bonds. The molecule has 1 aromatic rings. The summed E-state index contributed by atoms with van der Waals surface area (Å²) in [5.41, 5.74) is -0.821. The number of nitrogens with one attached hydrogen (secondary N) is 1. The van der Waals surface area contributed by atoms with Crippen molar-refractivity contribution < 1.29 is 13.6 Å². The van der Waals surface area contributed by atoms with Gasteiger partial charge in [0.1, 0.15) is 5.82 Å². The van der Waals surface area contributed by atoms with Crippen LogP contribution >= 0.6 is 0 Å². The minimum absolute atomic E-state index is 0.000312. The van der Waals surface area contributed by atoms with Crippen molar-refractivity contribution in [2.45, 2.75) is 56.7 Å². The SMILES string of the molecule is O=C(NCc1ncccn1)N1C2CCC1CC1(C2)CC1(F)F. The lowest BCUT2D eigenvalue weighted by Gasteiger charge is -2.39. The standard InChI is InChI=1S/C15H18F2N4O/c16-15(17)9-14(15)6-10-2-3-11(7-14)21(10)13(22)20-8-12-18-4-1-5-19-12/h1,4-5,10-11H,2-3,6-9H2,(H,20,22). The number of hydrogen-bond acceptors (Lipinski definition) is 3. The van der Waals surface area contributed by atoms with Gasteiger partial charge in [0.05, 0.1) is 6.54 Å². The number of aromatic nitrogens is 2. The third-order valence-corrected chi connectivity index (χ3v) is 5.34. The fourth-order valence-corrected chi connectivity index (χ4v) is 4.17. The van der Waals surface area contributed by atoms with Gasteiger partial charge in [0, 0.05) is 36.3 Å². The number of halogens is 2. The van der Waals surface area contributed by atoms with Crippen molar-refractivity contribution in [3.8, 4) is 0 Å². The lowest BCUT2D eigenvalue weighted by molar-refractivity contribution is 0.0169. The second-order valence-electron chi connectivity index (χ2n) is 6.69. The Labute approximate surface area is 127 Å². The van der Waals surface area contributed by atoms with E-state index < -0.39 is 11.3 Å². The van der Waals surface area contributed by atoms with Gasteiger partial charge in [-0.15, -0.1) is 0 Å². The smallest absolute Gasteiger partial charge is 0.318 e. The van der Waals surface area contributed by atoms with E-state index in [4.69, 9.17) is 0 Å². The molecule has 1 saturated carbocycles. The topological polar surface area (TPSA) is 58.1 Å². The molecule has 118 valence electrons. The third-order valence-electron chi connectivity index (χ3n) is 5.34. The van der Waals surface area contributed by atoms with Gasteiger partial charge in [-0.25, -0.2) is 23.5 Å². The molecule has 0 radical (unpaired) electrons. The summed E-state index contributed by atoms with van der Waals surface area (Å²) < 4.78 is 27.2. The van der Waals surface area contributed by atoms with Gasteiger partial charge in [-0.05, 0) is 31.7 Å². The van der Waals surface area contributed by atoms with Gasteiger partial charge in [0.15, 0.2) is 0 Å². The molecule has 2 atom stereocenters. The molecule has 1 aliphatic carbocycles. The van der Waals surface area contributed by atoms with Crippen molar-refractivity contribution >= 4 is 6.03 Å². The van der Waals surface area contributed by atoms with Gasteiger partial charge >= 0.3 is 6.03 Å². The molecule has 1 spiro atoms. The molecule has 5 nitrogen and oxygen atoms in total. The summed E-state index contributed by atoms with van der Waals surface area (Å²) >= 11 is 0. The number of urea groups is 1. The normalized spacial score (nSPS) is 34.7. The molecule has 7 heteroatoms. The van der Waals surface area contributed by atoms with Crippen LogP contribution in [0.2, 0.25) is 0 Å². The molecular weight excluding hydrogens is 290 g/mol. The number of nitrogens with zero attached hydrogens (tertiary/aromatic N) is 3. The van der Waals surface area contributed by atoms with Crippen LogP contribution in [-0.2, 0) is 6.54 Å². The maximum atomic E-state index is 13.6. The average molecular weight is 308 g/mol. The van der Waals surface area contributed by atoms with Crippen LogP contribution in [0.4, 0.5) is 13.6 Å². The van der Waals surface area contributed by atoms with Gasteiger partial charge in [-0.3, -0.25) is 0 Å². The van der Waals surface area contributed by atoms with E-state index in [-0.39, 0.29) is 31.1 Å². The maximum absolute atomic E-state index is 13.6. The summed E-state index contributed by atoms with van der Waals surface area (Å²) in [6.45, 7) is 0.261. The summed E-state index contributed by atoms with van der Waals surface area (Å²) in [6.07, 6.45) is 5.78. The summed E-state index contributed by atoms with van der Waals surface area (Å²) in [6, 6.07) is 1.43. The molecule has 1 aromatic heterocycles. The minimum Gasteiger partial charge on any atom is -0.331 e. The van der Waals surface area contributed by atoms with Crippen LogP contribution < -0.4 is 5.32 Å². The molecule has 2 aliphatic heterocycles. The molecule has 3 fully saturated rings. The first kappa shape index (κ1) is 13.8. The van der Waals surface area contributed by atoms with Gasteiger partial charge < -0.3 is 10.2 Å². The highest BCUT2D eigenvalue weighted by Gasteiger charge is 2.74. The van der Waals surface area contributed by atoms with E-state index in [2.05, 4.69) is 15.3 Å². The number of carbonyl (C=O) groups is 1. The van der Waals surface area contributed by atoms with Crippen molar-refractivity contribution in [2.75, 3.05) is 0 Å². The minimum atomic E-state index is -2.52. The quantitative estimate of drug-likeness (QED) is 0.912. The summed E-state index contributed by atoms with van der Waals surface area (Å²) in [7, 11) is 0. The number of fused-ring (bicyclic) bond motifs is 2. The Kier molecular flexibility index (Phi) is 2.90. The molecular formula is C15H18F2N4O. The molecule has 22 heavy (non-hydrogen) atoms. The zero-order chi connectivity index (χ0) is 15.4. The van der Waals surface area contributed by atoms with Crippen LogP contribution in [0, 0.1) is 5.41 Å². The second kappa shape index (κ2) is 4.60. The Morgan fingerprint density at radius 3 is 2.41 bits per heavy atom. The van der Waals surface area contributed by atoms with Crippen molar-refractivity contribution in [1.29, 1.82) is 0 Å². The number of amides is 2. The number of carbonyl (C=O) groups excluding carboxylic acids is 1. The van der Waals surface area contributed by atoms with E-state index in [0.717, 1.165) is 12.8 Å². The molecule has 1 N–H and O–H groups in total. The van der Waals surface area contributed by atoms with Crippen LogP contribution in [0.5, 0.6) is 0 Å². The second-order valence-corrected chi connectivity index (χ2v) is 6.69. The molecule has 3 aliphatic rings. The first-order valence-electron chi connectivity index (χ1n) is 7.71. The molecule has 3 heterocycles. The monoisotopic (exact) mass is 308 g/mol. The van der Waals surface area contributed by atoms with Crippen molar-refractivity contribution in [2.24, 2.45) is 5.41 Å². The third kappa shape index (κ3) is 2.06. The Hall–Kier alpha value is -1.79. The van der Waals surface area contributed by atoms with E-state index in [0.29, 0.717) is 18.7 Å². The van der Waals surface area contributed by atoms with Crippen LogP contribution in [0.3, 0.4) is 0 Å². The predicted octanol–water partition coefficient (Wildman–Crippen LogP) is 2.34. The molecule has 0 aromatic carbocycles. The van der Waals surface area contributed by atoms with E-state index in [1.54, 1.807) is 23.4 Å². The lowest BCUT2D eigenvalue weighted by Crippen LogP contribution is -2.52. The highest BCUT2D eigenvalue weighted by Crippen LogP contribution is 2.69. The summed E-state index contributed by atoms with van der Waals surface area (Å²) in [5, 5.41) is 2.81. The zero-order valence-electron chi connectivity index (χ0n) is 12.1. The maximum Gasteiger partial charge on any atom is 0.318 e. The predicted molar refractivity (Wildman–Crippen MR) is 74.1 cm³/mol. The van der Waals surface area contributed by atoms with Crippen LogP contribution in [0.25, 0.3) is 0 Å². The fourth-order valence-electron chi connectivity index (χ4n) is 4.17. The highest BCUT2D eigenvalue weighted by atomic mass is 19.3. The van der Waals surface area contributed by atoms with Gasteiger partial charge in [0.2, 0.25) is 0 Å². The van der Waals surface area contributed by atoms with Crippen molar-refractivity contribution in [3.05, 3.63) is 24.3 Å². The Morgan fingerprint density at radius 2 is 1.86 bits per heavy atom. The number of hydrogen-bond donors (Lipinski definition) is 1. The van der Waals surface area contributed by atoms with Crippen molar-refractivity contribution in [1.82, 2.24) is 20.2 Å². The first-order valence-corrected chi connectivity index (χ1v) is 7.71. The Bertz CT molecular complexity index is 580. The van der Waals surface area contributed by atoms with Crippen LogP contribution in [0.15, 0.2) is 18.5 Å². The lowest BCUT2D eigenvalue weighted by atomic mass is 9.87. The molecule has 4 rings (SSSR count). The average Bonchev–Trinajstić information content (AvgIpc) is 2.88. The number of piperidine rings is 1. The van der Waals surface area contributed by atoms with Crippen LogP contribution in [0.1, 0.15) is 37.9 Å². The molecule has 2 bridgehead atoms. The van der Waals surface area contributed by atoms with Crippen molar-refractivity contribution in [3.63, 3.8) is 0 Å². The highest BCUT2D eigenvalue weighted by molar-refractivity contribution is 5.75.